The number of benzene rings is 1. The molecular formula is C18H27ClN2O2. The molecule has 1 aromatic carbocycles. The van der Waals surface area contributed by atoms with Crippen molar-refractivity contribution in [2.75, 3.05) is 32.8 Å². The van der Waals surface area contributed by atoms with Gasteiger partial charge in [-0.25, -0.2) is 0 Å². The molecule has 0 saturated carbocycles. The van der Waals surface area contributed by atoms with Gasteiger partial charge in [-0.15, -0.1) is 12.4 Å². The summed E-state index contributed by atoms with van der Waals surface area (Å²) in [5, 5.41) is 6.46. The number of ether oxygens (including phenoxy) is 1. The average molecular weight is 339 g/mol. The molecule has 1 unspecified atom stereocenters. The van der Waals surface area contributed by atoms with Gasteiger partial charge in [-0.05, 0) is 37.4 Å². The van der Waals surface area contributed by atoms with Gasteiger partial charge in [0.25, 0.3) is 0 Å². The van der Waals surface area contributed by atoms with Crippen molar-refractivity contribution in [3.63, 3.8) is 0 Å². The highest BCUT2D eigenvalue weighted by Gasteiger charge is 2.36. The molecule has 0 radical (unpaired) electrons. The molecule has 1 amide bonds. The zero-order chi connectivity index (χ0) is 15.4. The lowest BCUT2D eigenvalue weighted by Crippen LogP contribution is -2.51. The van der Waals surface area contributed by atoms with E-state index in [0.29, 0.717) is 12.5 Å². The third-order valence-corrected chi connectivity index (χ3v) is 5.37. The van der Waals surface area contributed by atoms with Crippen LogP contribution in [0.5, 0.6) is 0 Å². The van der Waals surface area contributed by atoms with Gasteiger partial charge in [0, 0.05) is 31.1 Å². The maximum atomic E-state index is 12.4. The molecule has 0 bridgehead atoms. The van der Waals surface area contributed by atoms with Crippen molar-refractivity contribution < 1.29 is 9.53 Å². The lowest BCUT2D eigenvalue weighted by atomic mass is 9.74. The van der Waals surface area contributed by atoms with Crippen LogP contribution in [0.4, 0.5) is 0 Å². The maximum Gasteiger partial charge on any atom is 0.223 e. The number of rotatable bonds is 5. The molecule has 1 atom stereocenters. The first-order valence-electron chi connectivity index (χ1n) is 8.33. The van der Waals surface area contributed by atoms with Crippen molar-refractivity contribution in [3.05, 3.63) is 35.9 Å². The molecule has 2 fully saturated rings. The van der Waals surface area contributed by atoms with Gasteiger partial charge in [0.15, 0.2) is 0 Å². The Morgan fingerprint density at radius 3 is 2.52 bits per heavy atom. The van der Waals surface area contributed by atoms with E-state index in [9.17, 15) is 4.79 Å². The van der Waals surface area contributed by atoms with E-state index in [1.165, 1.54) is 5.56 Å². The largest absolute Gasteiger partial charge is 0.381 e. The summed E-state index contributed by atoms with van der Waals surface area (Å²) >= 11 is 0. The van der Waals surface area contributed by atoms with E-state index in [0.717, 1.165) is 39.1 Å². The second-order valence-electron chi connectivity index (χ2n) is 6.68. The number of nitrogens with one attached hydrogen (secondary N) is 2. The first kappa shape index (κ1) is 18.2. The third kappa shape index (κ3) is 4.06. The SMILES string of the molecule is CC(C(=O)NCC1(c2ccccc2)CCOCC1)C1CNC1.Cl. The van der Waals surface area contributed by atoms with E-state index in [2.05, 4.69) is 34.9 Å². The van der Waals surface area contributed by atoms with Crippen LogP contribution in [0, 0.1) is 11.8 Å². The second-order valence-corrected chi connectivity index (χ2v) is 6.68. The Morgan fingerprint density at radius 1 is 1.30 bits per heavy atom. The van der Waals surface area contributed by atoms with E-state index in [1.54, 1.807) is 0 Å². The van der Waals surface area contributed by atoms with Crippen molar-refractivity contribution >= 4 is 18.3 Å². The van der Waals surface area contributed by atoms with E-state index < -0.39 is 0 Å². The van der Waals surface area contributed by atoms with Crippen LogP contribution in [-0.2, 0) is 14.9 Å². The zero-order valence-corrected chi connectivity index (χ0v) is 14.5. The van der Waals surface area contributed by atoms with Gasteiger partial charge in [-0.2, -0.15) is 0 Å². The number of hydrogen-bond donors (Lipinski definition) is 2. The minimum Gasteiger partial charge on any atom is -0.381 e. The van der Waals surface area contributed by atoms with Crippen molar-refractivity contribution in [1.29, 1.82) is 0 Å². The van der Waals surface area contributed by atoms with Gasteiger partial charge in [0.05, 0.1) is 0 Å². The predicted molar refractivity (Wildman–Crippen MR) is 94.0 cm³/mol. The molecule has 2 aliphatic heterocycles. The third-order valence-electron chi connectivity index (χ3n) is 5.37. The Hall–Kier alpha value is -1.10. The first-order valence-corrected chi connectivity index (χ1v) is 8.33. The predicted octanol–water partition coefficient (Wildman–Crippen LogP) is 2.13. The summed E-state index contributed by atoms with van der Waals surface area (Å²) in [6.45, 7) is 6.22. The molecule has 1 aromatic rings. The second kappa shape index (κ2) is 8.13. The van der Waals surface area contributed by atoms with Crippen molar-refractivity contribution in [2.45, 2.75) is 25.2 Å². The molecule has 3 rings (SSSR count). The lowest BCUT2D eigenvalue weighted by molar-refractivity contribution is -0.127. The van der Waals surface area contributed by atoms with E-state index in [4.69, 9.17) is 4.74 Å². The highest BCUT2D eigenvalue weighted by atomic mass is 35.5. The van der Waals surface area contributed by atoms with E-state index in [-0.39, 0.29) is 29.6 Å². The van der Waals surface area contributed by atoms with Crippen molar-refractivity contribution in [1.82, 2.24) is 10.6 Å². The van der Waals surface area contributed by atoms with Gasteiger partial charge < -0.3 is 15.4 Å². The Balaban J connectivity index is 0.00000192. The Kier molecular flexibility index (Phi) is 6.45. The molecule has 0 aromatic heterocycles. The molecule has 0 aliphatic carbocycles. The lowest BCUT2D eigenvalue weighted by Gasteiger charge is -2.39. The van der Waals surface area contributed by atoms with Crippen molar-refractivity contribution in [2.24, 2.45) is 11.8 Å². The minimum absolute atomic E-state index is 0. The fraction of sp³-hybridized carbons (Fsp3) is 0.611. The van der Waals surface area contributed by atoms with Crippen LogP contribution in [0.2, 0.25) is 0 Å². The molecule has 4 nitrogen and oxygen atoms in total. The van der Waals surface area contributed by atoms with Crippen molar-refractivity contribution in [3.8, 4) is 0 Å². The van der Waals surface area contributed by atoms with Gasteiger partial charge in [0.1, 0.15) is 0 Å². The van der Waals surface area contributed by atoms with Crippen LogP contribution in [0.3, 0.4) is 0 Å². The van der Waals surface area contributed by atoms with E-state index >= 15 is 0 Å². The standard InChI is InChI=1S/C18H26N2O2.ClH/c1-14(15-11-19-12-15)17(21)20-13-18(7-9-22-10-8-18)16-5-3-2-4-6-16;/h2-6,14-15,19H,7-13H2,1H3,(H,20,21);1H. The van der Waals surface area contributed by atoms with Crippen LogP contribution >= 0.6 is 12.4 Å². The molecule has 23 heavy (non-hydrogen) atoms. The summed E-state index contributed by atoms with van der Waals surface area (Å²) in [5.74, 6) is 0.768. The van der Waals surface area contributed by atoms with Gasteiger partial charge in [-0.3, -0.25) is 4.79 Å². The molecule has 128 valence electrons. The number of halogens is 1. The summed E-state index contributed by atoms with van der Waals surface area (Å²) in [6, 6.07) is 10.6. The highest BCUT2D eigenvalue weighted by molar-refractivity contribution is 5.85. The quantitative estimate of drug-likeness (QED) is 0.864. The normalized spacial score (nSPS) is 21.6. The Labute approximate surface area is 144 Å². The number of amides is 1. The Bertz CT molecular complexity index is 499. The van der Waals surface area contributed by atoms with E-state index in [1.807, 2.05) is 13.0 Å². The summed E-state index contributed by atoms with van der Waals surface area (Å²) in [7, 11) is 0. The Morgan fingerprint density at radius 2 is 1.96 bits per heavy atom. The molecule has 2 N–H and O–H groups in total. The number of carbonyl (C=O) groups is 1. The summed E-state index contributed by atoms with van der Waals surface area (Å²) in [4.78, 5) is 12.4. The molecule has 2 saturated heterocycles. The molecule has 0 spiro atoms. The molecular weight excluding hydrogens is 312 g/mol. The van der Waals surface area contributed by atoms with Crippen LogP contribution in [-0.4, -0.2) is 38.8 Å². The molecule has 5 heteroatoms. The van der Waals surface area contributed by atoms with Gasteiger partial charge >= 0.3 is 0 Å². The van der Waals surface area contributed by atoms with Crippen LogP contribution in [0.1, 0.15) is 25.3 Å². The first-order chi connectivity index (χ1) is 10.7. The maximum absolute atomic E-state index is 12.4. The summed E-state index contributed by atoms with van der Waals surface area (Å²) in [6.07, 6.45) is 1.94. The van der Waals surface area contributed by atoms with Gasteiger partial charge in [-0.1, -0.05) is 37.3 Å². The molecule has 2 aliphatic rings. The zero-order valence-electron chi connectivity index (χ0n) is 13.7. The number of carbonyl (C=O) groups excluding carboxylic acids is 1. The fourth-order valence-electron chi connectivity index (χ4n) is 3.42. The topological polar surface area (TPSA) is 50.4 Å². The van der Waals surface area contributed by atoms with Crippen LogP contribution < -0.4 is 10.6 Å². The average Bonchev–Trinajstić information content (AvgIpc) is 2.52. The highest BCUT2D eigenvalue weighted by Crippen LogP contribution is 2.34. The fourth-order valence-corrected chi connectivity index (χ4v) is 3.42. The van der Waals surface area contributed by atoms with Crippen LogP contribution in [0.25, 0.3) is 0 Å². The monoisotopic (exact) mass is 338 g/mol. The van der Waals surface area contributed by atoms with Crippen LogP contribution in [0.15, 0.2) is 30.3 Å². The summed E-state index contributed by atoms with van der Waals surface area (Å²) in [5.41, 5.74) is 1.34. The number of hydrogen-bond acceptors (Lipinski definition) is 3. The minimum atomic E-state index is 0. The summed E-state index contributed by atoms with van der Waals surface area (Å²) < 4.78 is 5.54. The molecule has 2 heterocycles. The smallest absolute Gasteiger partial charge is 0.223 e. The van der Waals surface area contributed by atoms with Gasteiger partial charge in [0.2, 0.25) is 5.91 Å².